The third-order valence-corrected chi connectivity index (χ3v) is 3.50. The summed E-state index contributed by atoms with van der Waals surface area (Å²) in [7, 11) is 0. The number of nitrogens with zero attached hydrogens (tertiary/aromatic N) is 3. The number of unbranched alkanes of at least 4 members (excludes halogenated alkanes) is 1. The maximum atomic E-state index is 13.4. The Kier molecular flexibility index (Phi) is 4.59. The van der Waals surface area contributed by atoms with Gasteiger partial charge in [-0.2, -0.15) is 5.26 Å². The van der Waals surface area contributed by atoms with E-state index >= 15 is 0 Å². The van der Waals surface area contributed by atoms with Crippen LogP contribution in [-0.2, 0) is 13.0 Å². The van der Waals surface area contributed by atoms with Crippen molar-refractivity contribution in [2.75, 3.05) is 5.73 Å². The molecule has 0 aliphatic rings. The van der Waals surface area contributed by atoms with Gasteiger partial charge in [0.15, 0.2) is 0 Å². The second-order valence-corrected chi connectivity index (χ2v) is 4.93. The van der Waals surface area contributed by atoms with Crippen LogP contribution >= 0.6 is 0 Å². The zero-order chi connectivity index (χ0) is 15.4. The van der Waals surface area contributed by atoms with Crippen molar-refractivity contribution in [1.82, 2.24) is 9.55 Å². The summed E-state index contributed by atoms with van der Waals surface area (Å²) in [5.74, 6) is 0.968. The van der Waals surface area contributed by atoms with Crippen molar-refractivity contribution in [3.05, 3.63) is 35.4 Å². The first-order chi connectivity index (χ1) is 10.1. The number of halogens is 1. The second kappa shape index (κ2) is 6.40. The number of rotatable bonds is 5. The van der Waals surface area contributed by atoms with Gasteiger partial charge in [0.25, 0.3) is 0 Å². The molecule has 110 valence electrons. The lowest BCUT2D eigenvalue weighted by Crippen LogP contribution is -2.06. The Morgan fingerprint density at radius 2 is 2.14 bits per heavy atom. The van der Waals surface area contributed by atoms with E-state index in [1.54, 1.807) is 6.07 Å². The molecule has 1 aromatic heterocycles. The zero-order valence-electron chi connectivity index (χ0n) is 12.4. The van der Waals surface area contributed by atoms with Gasteiger partial charge in [0.2, 0.25) is 0 Å². The summed E-state index contributed by atoms with van der Waals surface area (Å²) in [6, 6.07) is 6.23. The van der Waals surface area contributed by atoms with E-state index in [4.69, 9.17) is 11.0 Å². The van der Waals surface area contributed by atoms with E-state index in [-0.39, 0.29) is 5.56 Å². The predicted octanol–water partition coefficient (Wildman–Crippen LogP) is 3.51. The van der Waals surface area contributed by atoms with Gasteiger partial charge in [-0.25, -0.2) is 9.37 Å². The third-order valence-electron chi connectivity index (χ3n) is 3.50. The van der Waals surface area contributed by atoms with Crippen molar-refractivity contribution in [3.8, 4) is 17.3 Å². The van der Waals surface area contributed by atoms with Crippen molar-refractivity contribution in [2.45, 2.75) is 39.7 Å². The fourth-order valence-corrected chi connectivity index (χ4v) is 2.32. The van der Waals surface area contributed by atoms with Crippen LogP contribution in [0.5, 0.6) is 0 Å². The highest BCUT2D eigenvalue weighted by atomic mass is 19.1. The van der Waals surface area contributed by atoms with E-state index in [1.807, 2.05) is 17.6 Å². The molecule has 2 rings (SSSR count). The average Bonchev–Trinajstić information content (AvgIpc) is 2.82. The molecule has 0 saturated heterocycles. The minimum Gasteiger partial charge on any atom is -0.383 e. The summed E-state index contributed by atoms with van der Waals surface area (Å²) < 4.78 is 15.4. The maximum absolute atomic E-state index is 13.4. The molecule has 21 heavy (non-hydrogen) atoms. The number of anilines is 1. The van der Waals surface area contributed by atoms with Crippen LogP contribution in [0.25, 0.3) is 11.3 Å². The molecule has 0 unspecified atom stereocenters. The maximum Gasteiger partial charge on any atom is 0.140 e. The van der Waals surface area contributed by atoms with Crippen LogP contribution in [0.2, 0.25) is 0 Å². The van der Waals surface area contributed by atoms with Gasteiger partial charge in [0.05, 0.1) is 5.56 Å². The van der Waals surface area contributed by atoms with Gasteiger partial charge in [-0.3, -0.25) is 0 Å². The highest BCUT2D eigenvalue weighted by Crippen LogP contribution is 2.28. The second-order valence-electron chi connectivity index (χ2n) is 4.93. The van der Waals surface area contributed by atoms with Gasteiger partial charge in [-0.15, -0.1) is 0 Å². The molecular weight excluding hydrogens is 267 g/mol. The number of aryl methyl sites for hydroxylation is 1. The Hall–Kier alpha value is -2.35. The van der Waals surface area contributed by atoms with Gasteiger partial charge in [-0.05, 0) is 24.6 Å². The van der Waals surface area contributed by atoms with Crippen LogP contribution in [0, 0.1) is 17.1 Å². The van der Waals surface area contributed by atoms with Crippen LogP contribution in [0.1, 0.15) is 38.1 Å². The quantitative estimate of drug-likeness (QED) is 0.914. The molecule has 2 N–H and O–H groups in total. The molecule has 0 amide bonds. The van der Waals surface area contributed by atoms with Crippen LogP contribution < -0.4 is 5.73 Å². The lowest BCUT2D eigenvalue weighted by atomic mass is 10.1. The molecule has 0 bridgehead atoms. The molecule has 1 aromatic carbocycles. The van der Waals surface area contributed by atoms with E-state index < -0.39 is 5.82 Å². The minimum atomic E-state index is -0.527. The van der Waals surface area contributed by atoms with Crippen molar-refractivity contribution in [3.63, 3.8) is 0 Å². The van der Waals surface area contributed by atoms with Crippen LogP contribution in [0.4, 0.5) is 10.2 Å². The number of hydrogen-bond acceptors (Lipinski definition) is 3. The molecular formula is C16H19FN4. The van der Waals surface area contributed by atoms with Crippen LogP contribution in [0.3, 0.4) is 0 Å². The molecule has 0 spiro atoms. The number of imidazole rings is 1. The first kappa shape index (κ1) is 15.0. The first-order valence-corrected chi connectivity index (χ1v) is 7.17. The summed E-state index contributed by atoms with van der Waals surface area (Å²) in [6.07, 6.45) is 2.88. The standard InChI is InChI=1S/C16H19FN4/c1-3-5-8-21-14(4-2)20-15(16(21)19)11-6-7-13(17)12(9-11)10-18/h6-7,9H,3-5,8,19H2,1-2H3. The normalized spacial score (nSPS) is 10.6. The number of aromatic nitrogens is 2. The molecule has 0 fully saturated rings. The Balaban J connectivity index is 2.49. The lowest BCUT2D eigenvalue weighted by molar-refractivity contribution is 0.612. The summed E-state index contributed by atoms with van der Waals surface area (Å²) >= 11 is 0. The van der Waals surface area contributed by atoms with Gasteiger partial charge < -0.3 is 10.3 Å². The first-order valence-electron chi connectivity index (χ1n) is 7.17. The van der Waals surface area contributed by atoms with E-state index in [0.29, 0.717) is 17.1 Å². The molecule has 0 saturated carbocycles. The molecule has 0 aliphatic carbocycles. The minimum absolute atomic E-state index is 0.00746. The van der Waals surface area contributed by atoms with Crippen molar-refractivity contribution in [2.24, 2.45) is 0 Å². The Labute approximate surface area is 124 Å². The van der Waals surface area contributed by atoms with E-state index in [1.165, 1.54) is 12.1 Å². The molecule has 2 aromatic rings. The van der Waals surface area contributed by atoms with Crippen LogP contribution in [-0.4, -0.2) is 9.55 Å². The summed E-state index contributed by atoms with van der Waals surface area (Å²) in [5, 5.41) is 8.93. The Morgan fingerprint density at radius 1 is 1.38 bits per heavy atom. The molecule has 4 nitrogen and oxygen atoms in total. The van der Waals surface area contributed by atoms with Crippen molar-refractivity contribution < 1.29 is 4.39 Å². The van der Waals surface area contributed by atoms with Crippen molar-refractivity contribution in [1.29, 1.82) is 5.26 Å². The van der Waals surface area contributed by atoms with Gasteiger partial charge in [-0.1, -0.05) is 20.3 Å². The van der Waals surface area contributed by atoms with E-state index in [0.717, 1.165) is 31.6 Å². The summed E-state index contributed by atoms with van der Waals surface area (Å²) in [4.78, 5) is 4.56. The molecule has 0 radical (unpaired) electrons. The number of nitrogens with two attached hydrogens (primary N) is 1. The SMILES string of the molecule is CCCCn1c(CC)nc(-c2ccc(F)c(C#N)c2)c1N. The average molecular weight is 286 g/mol. The summed E-state index contributed by atoms with van der Waals surface area (Å²) in [6.45, 7) is 4.98. The molecule has 1 heterocycles. The van der Waals surface area contributed by atoms with Gasteiger partial charge in [0, 0.05) is 18.5 Å². The zero-order valence-corrected chi connectivity index (χ0v) is 12.4. The molecule has 5 heteroatoms. The van der Waals surface area contributed by atoms with E-state index in [2.05, 4.69) is 11.9 Å². The fraction of sp³-hybridized carbons (Fsp3) is 0.375. The number of hydrogen-bond donors (Lipinski definition) is 1. The molecule has 0 aliphatic heterocycles. The predicted molar refractivity (Wildman–Crippen MR) is 81.0 cm³/mol. The highest BCUT2D eigenvalue weighted by Gasteiger charge is 2.16. The van der Waals surface area contributed by atoms with Crippen molar-refractivity contribution >= 4 is 5.82 Å². The lowest BCUT2D eigenvalue weighted by Gasteiger charge is -2.07. The number of nitriles is 1. The monoisotopic (exact) mass is 286 g/mol. The number of benzene rings is 1. The third kappa shape index (κ3) is 2.89. The Bertz CT molecular complexity index is 682. The fourth-order valence-electron chi connectivity index (χ4n) is 2.32. The Morgan fingerprint density at radius 3 is 2.76 bits per heavy atom. The van der Waals surface area contributed by atoms with Gasteiger partial charge >= 0.3 is 0 Å². The summed E-state index contributed by atoms with van der Waals surface area (Å²) in [5.41, 5.74) is 7.51. The highest BCUT2D eigenvalue weighted by molar-refractivity contribution is 5.72. The topological polar surface area (TPSA) is 67.6 Å². The van der Waals surface area contributed by atoms with E-state index in [9.17, 15) is 4.39 Å². The largest absolute Gasteiger partial charge is 0.383 e. The smallest absolute Gasteiger partial charge is 0.140 e. The number of nitrogen functional groups attached to an aromatic ring is 1. The van der Waals surface area contributed by atoms with Crippen LogP contribution in [0.15, 0.2) is 18.2 Å². The van der Waals surface area contributed by atoms with Gasteiger partial charge in [0.1, 0.15) is 29.2 Å². The molecule has 0 atom stereocenters.